The smallest absolute Gasteiger partial charge is 0.317 e. The highest BCUT2D eigenvalue weighted by Crippen LogP contribution is 2.41. The summed E-state index contributed by atoms with van der Waals surface area (Å²) in [6, 6.07) is 19.7. The third-order valence-corrected chi connectivity index (χ3v) is 8.14. The van der Waals surface area contributed by atoms with Crippen molar-refractivity contribution in [1.82, 2.24) is 10.2 Å². The van der Waals surface area contributed by atoms with Crippen LogP contribution < -0.4 is 5.32 Å². The summed E-state index contributed by atoms with van der Waals surface area (Å²) in [6.07, 6.45) is 9.24. The number of urea groups is 1. The van der Waals surface area contributed by atoms with Gasteiger partial charge in [-0.2, -0.15) is 0 Å². The van der Waals surface area contributed by atoms with Gasteiger partial charge in [-0.15, -0.1) is 0 Å². The SMILES string of the molecule is C/C=C(\c1ccccc1C)C1CCCN(C(=O)NCC2CCC(C)(c3ccccc3)CC2)C1. The van der Waals surface area contributed by atoms with E-state index < -0.39 is 0 Å². The topological polar surface area (TPSA) is 32.3 Å². The second-order valence-electron chi connectivity index (χ2n) is 10.4. The number of benzene rings is 2. The van der Waals surface area contributed by atoms with E-state index in [1.807, 2.05) is 4.90 Å². The molecule has 33 heavy (non-hydrogen) atoms. The first-order valence-electron chi connectivity index (χ1n) is 12.8. The molecule has 176 valence electrons. The van der Waals surface area contributed by atoms with Crippen molar-refractivity contribution in [3.63, 3.8) is 0 Å². The van der Waals surface area contributed by atoms with Crippen LogP contribution in [0.4, 0.5) is 4.79 Å². The summed E-state index contributed by atoms with van der Waals surface area (Å²) >= 11 is 0. The third-order valence-electron chi connectivity index (χ3n) is 8.14. The Balaban J connectivity index is 1.29. The van der Waals surface area contributed by atoms with E-state index >= 15 is 0 Å². The molecular formula is C30H40N2O. The summed E-state index contributed by atoms with van der Waals surface area (Å²) in [5.74, 6) is 1.00. The Morgan fingerprint density at radius 2 is 1.76 bits per heavy atom. The molecule has 1 heterocycles. The van der Waals surface area contributed by atoms with Crippen molar-refractivity contribution in [2.24, 2.45) is 11.8 Å². The van der Waals surface area contributed by atoms with Crippen molar-refractivity contribution in [2.45, 2.75) is 64.7 Å². The molecule has 2 aliphatic rings. The van der Waals surface area contributed by atoms with Gasteiger partial charge in [0.15, 0.2) is 0 Å². The van der Waals surface area contributed by atoms with Gasteiger partial charge < -0.3 is 10.2 Å². The maximum atomic E-state index is 13.0. The molecule has 1 atom stereocenters. The number of nitrogens with one attached hydrogen (secondary N) is 1. The summed E-state index contributed by atoms with van der Waals surface area (Å²) in [5, 5.41) is 3.29. The van der Waals surface area contributed by atoms with Crippen LogP contribution in [0.15, 0.2) is 60.7 Å². The molecule has 4 rings (SSSR count). The van der Waals surface area contributed by atoms with Crippen molar-refractivity contribution in [3.8, 4) is 0 Å². The fraction of sp³-hybridized carbons (Fsp3) is 0.500. The van der Waals surface area contributed by atoms with Crippen LogP contribution >= 0.6 is 0 Å². The highest BCUT2D eigenvalue weighted by atomic mass is 16.2. The van der Waals surface area contributed by atoms with Crippen LogP contribution in [0.3, 0.4) is 0 Å². The van der Waals surface area contributed by atoms with Gasteiger partial charge in [-0.25, -0.2) is 4.79 Å². The monoisotopic (exact) mass is 444 g/mol. The minimum atomic E-state index is 0.122. The Hall–Kier alpha value is -2.55. The second-order valence-corrected chi connectivity index (χ2v) is 10.4. The van der Waals surface area contributed by atoms with Gasteiger partial charge in [0.2, 0.25) is 0 Å². The highest BCUT2D eigenvalue weighted by molar-refractivity contribution is 5.75. The number of amides is 2. The first-order chi connectivity index (χ1) is 16.0. The quantitative estimate of drug-likeness (QED) is 0.531. The number of nitrogens with zero attached hydrogens (tertiary/aromatic N) is 1. The van der Waals surface area contributed by atoms with Gasteiger partial charge in [0, 0.05) is 25.6 Å². The number of hydrogen-bond acceptors (Lipinski definition) is 1. The van der Waals surface area contributed by atoms with Crippen LogP contribution in [0, 0.1) is 18.8 Å². The average molecular weight is 445 g/mol. The zero-order chi connectivity index (χ0) is 23.3. The Bertz CT molecular complexity index is 956. The number of piperidine rings is 1. The molecule has 1 unspecified atom stereocenters. The molecule has 2 aromatic rings. The first-order valence-corrected chi connectivity index (χ1v) is 12.8. The molecule has 1 aliphatic carbocycles. The third kappa shape index (κ3) is 5.51. The maximum Gasteiger partial charge on any atom is 0.317 e. The molecular weight excluding hydrogens is 404 g/mol. The van der Waals surface area contributed by atoms with E-state index in [1.54, 1.807) is 0 Å². The lowest BCUT2D eigenvalue weighted by Gasteiger charge is -2.38. The average Bonchev–Trinajstić information content (AvgIpc) is 2.86. The van der Waals surface area contributed by atoms with Crippen molar-refractivity contribution >= 4 is 11.6 Å². The number of likely N-dealkylation sites (tertiary alicyclic amines) is 1. The maximum absolute atomic E-state index is 13.0. The Morgan fingerprint density at radius 3 is 2.45 bits per heavy atom. The number of allylic oxidation sites excluding steroid dienone is 1. The lowest BCUT2D eigenvalue weighted by atomic mass is 9.68. The molecule has 1 saturated carbocycles. The van der Waals surface area contributed by atoms with Gasteiger partial charge >= 0.3 is 6.03 Å². The van der Waals surface area contributed by atoms with Crippen LogP contribution in [0.25, 0.3) is 5.57 Å². The second kappa shape index (κ2) is 10.6. The van der Waals surface area contributed by atoms with E-state index in [0.717, 1.165) is 32.5 Å². The van der Waals surface area contributed by atoms with Crippen molar-refractivity contribution in [2.75, 3.05) is 19.6 Å². The number of carbonyl (C=O) groups is 1. The summed E-state index contributed by atoms with van der Waals surface area (Å²) in [4.78, 5) is 15.1. The minimum absolute atomic E-state index is 0.122. The van der Waals surface area contributed by atoms with E-state index in [1.165, 1.54) is 47.9 Å². The molecule has 3 heteroatoms. The zero-order valence-electron chi connectivity index (χ0n) is 20.6. The first kappa shape index (κ1) is 23.6. The van der Waals surface area contributed by atoms with Crippen LogP contribution in [0.1, 0.15) is 69.1 Å². The van der Waals surface area contributed by atoms with Gasteiger partial charge in [-0.1, -0.05) is 67.6 Å². The Kier molecular flexibility index (Phi) is 7.57. The number of carbonyl (C=O) groups excluding carboxylic acids is 1. The Labute approximate surface area is 200 Å². The van der Waals surface area contributed by atoms with Gasteiger partial charge in [-0.05, 0) is 86.0 Å². The van der Waals surface area contributed by atoms with Crippen LogP contribution in [-0.2, 0) is 5.41 Å². The standard InChI is InChI=1S/C30H40N2O/c1-4-27(28-15-9-8-11-23(28)2)25-12-10-20-32(22-25)29(33)31-21-24-16-18-30(3,19-17-24)26-13-6-5-7-14-26/h4-9,11,13-15,24-25H,10,12,16-22H2,1-3H3,(H,31,33)/b27-4-. The minimum Gasteiger partial charge on any atom is -0.338 e. The van der Waals surface area contributed by atoms with E-state index in [2.05, 4.69) is 86.8 Å². The van der Waals surface area contributed by atoms with Crippen LogP contribution in [0.2, 0.25) is 0 Å². The number of rotatable bonds is 5. The van der Waals surface area contributed by atoms with Gasteiger partial charge in [0.05, 0.1) is 0 Å². The van der Waals surface area contributed by atoms with Gasteiger partial charge in [-0.3, -0.25) is 0 Å². The van der Waals surface area contributed by atoms with Crippen LogP contribution in [-0.4, -0.2) is 30.6 Å². The summed E-state index contributed by atoms with van der Waals surface area (Å²) in [7, 11) is 0. The van der Waals surface area contributed by atoms with E-state index in [9.17, 15) is 4.79 Å². The van der Waals surface area contributed by atoms with Crippen molar-refractivity contribution in [3.05, 3.63) is 77.4 Å². The van der Waals surface area contributed by atoms with Gasteiger partial charge in [0.25, 0.3) is 0 Å². The predicted octanol–water partition coefficient (Wildman–Crippen LogP) is 6.97. The molecule has 0 aromatic heterocycles. The summed E-state index contributed by atoms with van der Waals surface area (Å²) in [6.45, 7) is 9.20. The molecule has 1 N–H and O–H groups in total. The zero-order valence-corrected chi connectivity index (χ0v) is 20.6. The highest BCUT2D eigenvalue weighted by Gasteiger charge is 2.33. The van der Waals surface area contributed by atoms with Crippen LogP contribution in [0.5, 0.6) is 0 Å². The Morgan fingerprint density at radius 1 is 1.06 bits per heavy atom. The molecule has 2 fully saturated rings. The molecule has 2 amide bonds. The van der Waals surface area contributed by atoms with Gasteiger partial charge in [0.1, 0.15) is 0 Å². The molecule has 3 nitrogen and oxygen atoms in total. The van der Waals surface area contributed by atoms with Crippen molar-refractivity contribution in [1.29, 1.82) is 0 Å². The molecule has 0 bridgehead atoms. The summed E-state index contributed by atoms with van der Waals surface area (Å²) in [5.41, 5.74) is 5.77. The van der Waals surface area contributed by atoms with E-state index in [-0.39, 0.29) is 11.4 Å². The molecule has 2 aromatic carbocycles. The number of aryl methyl sites for hydroxylation is 1. The summed E-state index contributed by atoms with van der Waals surface area (Å²) < 4.78 is 0. The normalized spacial score (nSPS) is 26.2. The fourth-order valence-electron chi connectivity index (χ4n) is 5.91. The lowest BCUT2D eigenvalue weighted by molar-refractivity contribution is 0.171. The predicted molar refractivity (Wildman–Crippen MR) is 138 cm³/mol. The molecule has 0 spiro atoms. The molecule has 1 saturated heterocycles. The lowest BCUT2D eigenvalue weighted by Crippen LogP contribution is -2.47. The largest absolute Gasteiger partial charge is 0.338 e. The van der Waals surface area contributed by atoms with E-state index in [0.29, 0.717) is 11.8 Å². The fourth-order valence-corrected chi connectivity index (χ4v) is 5.91. The molecule has 1 aliphatic heterocycles. The molecule has 0 radical (unpaired) electrons. The number of hydrogen-bond donors (Lipinski definition) is 1. The van der Waals surface area contributed by atoms with E-state index in [4.69, 9.17) is 0 Å². The van der Waals surface area contributed by atoms with Crippen molar-refractivity contribution < 1.29 is 4.79 Å².